The zero-order valence-corrected chi connectivity index (χ0v) is 13.6. The summed E-state index contributed by atoms with van der Waals surface area (Å²) >= 11 is 0. The Morgan fingerprint density at radius 2 is 1.77 bits per heavy atom. The third-order valence-corrected chi connectivity index (χ3v) is 7.12. The molecule has 0 radical (unpaired) electrons. The minimum Gasteiger partial charge on any atom is -0.200 e. The van der Waals surface area contributed by atoms with Gasteiger partial charge < -0.3 is 0 Å². The van der Waals surface area contributed by atoms with Crippen molar-refractivity contribution in [3.63, 3.8) is 0 Å². The van der Waals surface area contributed by atoms with Crippen molar-refractivity contribution in [2.45, 2.75) is 43.9 Å². The Morgan fingerprint density at radius 3 is 2.55 bits per heavy atom. The number of hydrogen-bond acceptors (Lipinski definition) is 3. The van der Waals surface area contributed by atoms with E-state index < -0.39 is 10.0 Å². The average Bonchev–Trinajstić information content (AvgIpc) is 2.96. The Kier molecular flexibility index (Phi) is 3.29. The van der Waals surface area contributed by atoms with Crippen LogP contribution < -0.4 is 4.83 Å². The molecular formula is C17H22N2O2S. The van der Waals surface area contributed by atoms with Gasteiger partial charge in [-0.3, -0.25) is 0 Å². The number of benzene rings is 1. The molecule has 3 fully saturated rings. The molecule has 0 saturated heterocycles. The van der Waals surface area contributed by atoms with Crippen LogP contribution in [0.5, 0.6) is 0 Å². The van der Waals surface area contributed by atoms with E-state index in [-0.39, 0.29) is 4.90 Å². The lowest BCUT2D eigenvalue weighted by Gasteiger charge is -2.28. The second-order valence-corrected chi connectivity index (χ2v) is 8.72. The van der Waals surface area contributed by atoms with Crippen LogP contribution in [0.25, 0.3) is 0 Å². The Labute approximate surface area is 132 Å². The first-order valence-electron chi connectivity index (χ1n) is 8.19. The fraction of sp³-hybridized carbons (Fsp3) is 0.588. The Bertz CT molecular complexity index is 709. The van der Waals surface area contributed by atoms with Gasteiger partial charge in [-0.1, -0.05) is 17.7 Å². The topological polar surface area (TPSA) is 58.5 Å². The molecule has 118 valence electrons. The van der Waals surface area contributed by atoms with E-state index in [2.05, 4.69) is 9.93 Å². The van der Waals surface area contributed by atoms with Crippen LogP contribution in [-0.2, 0) is 10.0 Å². The molecule has 4 bridgehead atoms. The van der Waals surface area contributed by atoms with Gasteiger partial charge in [0.05, 0.1) is 4.90 Å². The van der Waals surface area contributed by atoms with Gasteiger partial charge in [-0.05, 0) is 68.9 Å². The molecule has 4 nitrogen and oxygen atoms in total. The quantitative estimate of drug-likeness (QED) is 0.871. The zero-order chi connectivity index (χ0) is 15.3. The van der Waals surface area contributed by atoms with Crippen molar-refractivity contribution in [1.29, 1.82) is 0 Å². The van der Waals surface area contributed by atoms with Gasteiger partial charge in [-0.2, -0.15) is 13.5 Å². The van der Waals surface area contributed by atoms with Crippen LogP contribution in [0.4, 0.5) is 0 Å². The van der Waals surface area contributed by atoms with Gasteiger partial charge in [-0.15, -0.1) is 0 Å². The van der Waals surface area contributed by atoms with Gasteiger partial charge in [0.15, 0.2) is 0 Å². The van der Waals surface area contributed by atoms with E-state index in [1.807, 2.05) is 19.1 Å². The van der Waals surface area contributed by atoms with E-state index in [1.165, 1.54) is 25.7 Å². The number of sulfonamides is 1. The summed E-state index contributed by atoms with van der Waals surface area (Å²) in [4.78, 5) is 2.76. The summed E-state index contributed by atoms with van der Waals surface area (Å²) in [6.45, 7) is 1.94. The molecule has 3 saturated carbocycles. The molecule has 1 aromatic carbocycles. The van der Waals surface area contributed by atoms with Crippen LogP contribution in [0.2, 0.25) is 0 Å². The lowest BCUT2D eigenvalue weighted by atomic mass is 9.77. The molecule has 5 heteroatoms. The normalized spacial score (nSPS) is 35.0. The van der Waals surface area contributed by atoms with Gasteiger partial charge in [0, 0.05) is 11.6 Å². The van der Waals surface area contributed by atoms with Crippen LogP contribution in [-0.4, -0.2) is 14.1 Å². The molecule has 0 unspecified atom stereocenters. The molecule has 0 heterocycles. The van der Waals surface area contributed by atoms with Crippen LogP contribution >= 0.6 is 0 Å². The third-order valence-electron chi connectivity index (χ3n) is 5.89. The fourth-order valence-electron chi connectivity index (χ4n) is 4.82. The lowest BCUT2D eigenvalue weighted by Crippen LogP contribution is -2.31. The van der Waals surface area contributed by atoms with Gasteiger partial charge >= 0.3 is 0 Å². The molecule has 0 aromatic heterocycles. The standard InChI is InChI=1S/C17H22N2O2S/c1-11-2-5-13(6-3-11)22(20,21)19-18-17-10-12-4-7-15-14(12)8-9-16(15)17/h2-3,5-6,12,14-16,19H,4,7-10H2,1H3/t12-,14+,15-,16+/m0/s1. The summed E-state index contributed by atoms with van der Waals surface area (Å²) < 4.78 is 24.7. The SMILES string of the molecule is Cc1ccc(S(=O)(=O)NN=C2C[C@@H]3CC[C@H]4[C@@H]3CC[C@@H]24)cc1. The average molecular weight is 318 g/mol. The zero-order valence-electron chi connectivity index (χ0n) is 12.8. The largest absolute Gasteiger partial charge is 0.276 e. The fourth-order valence-corrected chi connectivity index (χ4v) is 5.66. The second kappa shape index (κ2) is 5.08. The van der Waals surface area contributed by atoms with Crippen molar-refractivity contribution >= 4 is 15.7 Å². The molecule has 4 atom stereocenters. The number of nitrogens with one attached hydrogen (secondary N) is 1. The molecular weight excluding hydrogens is 296 g/mol. The smallest absolute Gasteiger partial charge is 0.200 e. The van der Waals surface area contributed by atoms with Crippen molar-refractivity contribution in [3.8, 4) is 0 Å². The number of hydrazone groups is 1. The van der Waals surface area contributed by atoms with E-state index in [4.69, 9.17) is 0 Å². The molecule has 22 heavy (non-hydrogen) atoms. The predicted octanol–water partition coefficient (Wildman–Crippen LogP) is 3.09. The van der Waals surface area contributed by atoms with Gasteiger partial charge in [0.25, 0.3) is 10.0 Å². The highest BCUT2D eigenvalue weighted by atomic mass is 32.2. The first-order chi connectivity index (χ1) is 10.5. The van der Waals surface area contributed by atoms with E-state index >= 15 is 0 Å². The van der Waals surface area contributed by atoms with Gasteiger partial charge in [0.1, 0.15) is 0 Å². The molecule has 4 rings (SSSR count). The Hall–Kier alpha value is -1.36. The molecule has 3 aliphatic carbocycles. The van der Waals surface area contributed by atoms with Crippen molar-refractivity contribution < 1.29 is 8.42 Å². The highest BCUT2D eigenvalue weighted by Crippen LogP contribution is 2.56. The minimum absolute atomic E-state index is 0.283. The first kappa shape index (κ1) is 14.2. The summed E-state index contributed by atoms with van der Waals surface area (Å²) in [5, 5.41) is 4.35. The van der Waals surface area contributed by atoms with Crippen LogP contribution in [0, 0.1) is 30.6 Å². The molecule has 1 N–H and O–H groups in total. The van der Waals surface area contributed by atoms with Crippen molar-refractivity contribution in [2.75, 3.05) is 0 Å². The first-order valence-corrected chi connectivity index (χ1v) is 9.68. The number of rotatable bonds is 3. The van der Waals surface area contributed by atoms with Crippen molar-refractivity contribution in [3.05, 3.63) is 29.8 Å². The van der Waals surface area contributed by atoms with Crippen molar-refractivity contribution in [1.82, 2.24) is 4.83 Å². The summed E-state index contributed by atoms with van der Waals surface area (Å²) in [5.41, 5.74) is 2.14. The van der Waals surface area contributed by atoms with E-state index in [0.717, 1.165) is 35.4 Å². The summed E-state index contributed by atoms with van der Waals surface area (Å²) in [6, 6.07) is 6.89. The van der Waals surface area contributed by atoms with E-state index in [1.54, 1.807) is 12.1 Å². The number of nitrogens with zero attached hydrogens (tertiary/aromatic N) is 1. The highest BCUT2D eigenvalue weighted by Gasteiger charge is 2.51. The maximum atomic E-state index is 12.4. The van der Waals surface area contributed by atoms with Gasteiger partial charge in [0.2, 0.25) is 0 Å². The Balaban J connectivity index is 1.55. The van der Waals surface area contributed by atoms with Crippen LogP contribution in [0.3, 0.4) is 0 Å². The molecule has 0 aliphatic heterocycles. The Morgan fingerprint density at radius 1 is 1.05 bits per heavy atom. The number of aryl methyl sites for hydroxylation is 1. The van der Waals surface area contributed by atoms with E-state index in [9.17, 15) is 8.42 Å². The maximum absolute atomic E-state index is 12.4. The van der Waals surface area contributed by atoms with Crippen LogP contribution in [0.15, 0.2) is 34.3 Å². The monoisotopic (exact) mass is 318 g/mol. The summed E-state index contributed by atoms with van der Waals surface area (Å²) in [6.07, 6.45) is 6.10. The summed E-state index contributed by atoms with van der Waals surface area (Å²) in [7, 11) is -3.55. The van der Waals surface area contributed by atoms with Crippen LogP contribution in [0.1, 0.15) is 37.7 Å². The molecule has 3 aliphatic rings. The van der Waals surface area contributed by atoms with Crippen molar-refractivity contribution in [2.24, 2.45) is 28.8 Å². The summed E-state index contributed by atoms with van der Waals surface area (Å²) in [5.74, 6) is 2.91. The van der Waals surface area contributed by atoms with Gasteiger partial charge in [-0.25, -0.2) is 4.83 Å². The highest BCUT2D eigenvalue weighted by molar-refractivity contribution is 7.89. The second-order valence-electron chi connectivity index (χ2n) is 7.06. The molecule has 0 spiro atoms. The molecule has 0 amide bonds. The molecule has 1 aromatic rings. The van der Waals surface area contributed by atoms with E-state index in [0.29, 0.717) is 5.92 Å². The predicted molar refractivity (Wildman–Crippen MR) is 86.0 cm³/mol. The third kappa shape index (κ3) is 2.26. The minimum atomic E-state index is -3.55. The number of hydrogen-bond donors (Lipinski definition) is 1. The maximum Gasteiger partial charge on any atom is 0.276 e. The lowest BCUT2D eigenvalue weighted by molar-refractivity contribution is 0.320.